The van der Waals surface area contributed by atoms with Crippen LogP contribution >= 0.6 is 23.4 Å². The van der Waals surface area contributed by atoms with Crippen molar-refractivity contribution in [3.63, 3.8) is 0 Å². The second-order valence-corrected chi connectivity index (χ2v) is 6.84. The van der Waals surface area contributed by atoms with Crippen molar-refractivity contribution in [2.45, 2.75) is 44.2 Å². The van der Waals surface area contributed by atoms with Crippen LogP contribution in [0.15, 0.2) is 23.1 Å². The van der Waals surface area contributed by atoms with Crippen molar-refractivity contribution >= 4 is 29.3 Å². The van der Waals surface area contributed by atoms with Crippen LogP contribution in [0.2, 0.25) is 5.02 Å². The highest BCUT2D eigenvalue weighted by atomic mass is 35.5. The average Bonchev–Trinajstić information content (AvgIpc) is 2.49. The number of rotatable bonds is 5. The zero-order chi connectivity index (χ0) is 15.4. The van der Waals surface area contributed by atoms with Gasteiger partial charge in [-0.05, 0) is 56.7 Å². The molecule has 1 aliphatic rings. The minimum Gasteiger partial charge on any atom is -0.342 e. The molecular weight excluding hydrogens is 304 g/mol. The number of amides is 1. The van der Waals surface area contributed by atoms with Gasteiger partial charge in [0.05, 0.1) is 6.04 Å². The largest absolute Gasteiger partial charge is 0.342 e. The van der Waals surface area contributed by atoms with Gasteiger partial charge in [-0.3, -0.25) is 10.1 Å². The van der Waals surface area contributed by atoms with E-state index in [9.17, 15) is 4.79 Å². The van der Waals surface area contributed by atoms with Crippen LogP contribution in [0.5, 0.6) is 0 Å². The molecule has 0 saturated heterocycles. The summed E-state index contributed by atoms with van der Waals surface area (Å²) in [6.07, 6.45) is 1.02. The lowest BCUT2D eigenvalue weighted by molar-refractivity contribution is -0.132. The molecule has 0 radical (unpaired) electrons. The standard InChI is InChI=1S/C16H23ClN2OS/c1-4-19(5-2)16(20)11(3)18-14-8-9-21-15-7-6-12(17)10-13(14)15/h6-7,10-11,14,18H,4-5,8-9H2,1-3H3. The van der Waals surface area contributed by atoms with Gasteiger partial charge in [0.15, 0.2) is 0 Å². The van der Waals surface area contributed by atoms with Crippen molar-refractivity contribution in [1.29, 1.82) is 0 Å². The number of hydrogen-bond donors (Lipinski definition) is 1. The first-order chi connectivity index (χ1) is 10.1. The highest BCUT2D eigenvalue weighted by Gasteiger charge is 2.26. The number of nitrogens with zero attached hydrogens (tertiary/aromatic N) is 1. The van der Waals surface area contributed by atoms with E-state index in [2.05, 4.69) is 11.4 Å². The summed E-state index contributed by atoms with van der Waals surface area (Å²) in [6.45, 7) is 7.49. The molecule has 2 rings (SSSR count). The smallest absolute Gasteiger partial charge is 0.239 e. The Hall–Kier alpha value is -0.710. The van der Waals surface area contributed by atoms with Crippen molar-refractivity contribution in [2.75, 3.05) is 18.8 Å². The van der Waals surface area contributed by atoms with Gasteiger partial charge in [0.2, 0.25) is 5.91 Å². The van der Waals surface area contributed by atoms with Crippen LogP contribution in [0.1, 0.15) is 38.8 Å². The van der Waals surface area contributed by atoms with Gasteiger partial charge >= 0.3 is 0 Å². The number of carbonyl (C=O) groups is 1. The summed E-state index contributed by atoms with van der Waals surface area (Å²) in [5, 5.41) is 4.24. The van der Waals surface area contributed by atoms with Gasteiger partial charge in [0.25, 0.3) is 0 Å². The molecule has 0 spiro atoms. The molecule has 1 aromatic carbocycles. The molecule has 0 bridgehead atoms. The fraction of sp³-hybridized carbons (Fsp3) is 0.562. The predicted molar refractivity (Wildman–Crippen MR) is 90.1 cm³/mol. The second kappa shape index (κ2) is 7.52. The number of carbonyl (C=O) groups excluding carboxylic acids is 1. The van der Waals surface area contributed by atoms with Crippen LogP contribution in [-0.2, 0) is 4.79 Å². The number of benzene rings is 1. The summed E-state index contributed by atoms with van der Waals surface area (Å²) >= 11 is 7.98. The van der Waals surface area contributed by atoms with E-state index in [1.54, 1.807) is 0 Å². The molecule has 0 fully saturated rings. The SMILES string of the molecule is CCN(CC)C(=O)C(C)NC1CCSc2ccc(Cl)cc21. The van der Waals surface area contributed by atoms with E-state index < -0.39 is 0 Å². The highest BCUT2D eigenvalue weighted by molar-refractivity contribution is 7.99. The molecule has 1 amide bonds. The maximum Gasteiger partial charge on any atom is 0.239 e. The maximum atomic E-state index is 12.4. The summed E-state index contributed by atoms with van der Waals surface area (Å²) in [4.78, 5) is 15.5. The normalized spacial score (nSPS) is 19.0. The summed E-state index contributed by atoms with van der Waals surface area (Å²) in [6, 6.07) is 6.06. The van der Waals surface area contributed by atoms with Crippen LogP contribution in [0.4, 0.5) is 0 Å². The van der Waals surface area contributed by atoms with Gasteiger partial charge in [-0.1, -0.05) is 11.6 Å². The summed E-state index contributed by atoms with van der Waals surface area (Å²) < 4.78 is 0. The Morgan fingerprint density at radius 1 is 1.48 bits per heavy atom. The van der Waals surface area contributed by atoms with E-state index in [1.807, 2.05) is 49.6 Å². The quantitative estimate of drug-likeness (QED) is 0.895. The summed E-state index contributed by atoms with van der Waals surface area (Å²) in [5.74, 6) is 1.24. The Morgan fingerprint density at radius 3 is 2.86 bits per heavy atom. The summed E-state index contributed by atoms with van der Waals surface area (Å²) in [5.41, 5.74) is 1.22. The first kappa shape index (κ1) is 16.7. The van der Waals surface area contributed by atoms with Crippen LogP contribution in [-0.4, -0.2) is 35.7 Å². The molecule has 0 saturated carbocycles. The lowest BCUT2D eigenvalue weighted by Crippen LogP contribution is -2.46. The van der Waals surface area contributed by atoms with Crippen molar-refractivity contribution < 1.29 is 4.79 Å². The molecule has 1 heterocycles. The molecular formula is C16H23ClN2OS. The van der Waals surface area contributed by atoms with Gasteiger partial charge < -0.3 is 4.90 Å². The first-order valence-electron chi connectivity index (χ1n) is 7.53. The molecule has 3 nitrogen and oxygen atoms in total. The van der Waals surface area contributed by atoms with E-state index in [4.69, 9.17) is 11.6 Å². The van der Waals surface area contributed by atoms with Crippen LogP contribution in [0, 0.1) is 0 Å². The Morgan fingerprint density at radius 2 is 2.19 bits per heavy atom. The number of fused-ring (bicyclic) bond motifs is 1. The summed E-state index contributed by atoms with van der Waals surface area (Å²) in [7, 11) is 0. The number of nitrogens with one attached hydrogen (secondary N) is 1. The van der Waals surface area contributed by atoms with Crippen molar-refractivity contribution in [3.05, 3.63) is 28.8 Å². The van der Waals surface area contributed by atoms with Crippen molar-refractivity contribution in [3.8, 4) is 0 Å². The monoisotopic (exact) mass is 326 g/mol. The van der Waals surface area contributed by atoms with E-state index >= 15 is 0 Å². The van der Waals surface area contributed by atoms with Crippen molar-refractivity contribution in [1.82, 2.24) is 10.2 Å². The van der Waals surface area contributed by atoms with Gasteiger partial charge in [-0.15, -0.1) is 11.8 Å². The fourth-order valence-electron chi connectivity index (χ4n) is 2.72. The molecule has 1 N–H and O–H groups in total. The Bertz CT molecular complexity index is 505. The van der Waals surface area contributed by atoms with Gasteiger partial charge in [0.1, 0.15) is 0 Å². The molecule has 116 valence electrons. The van der Waals surface area contributed by atoms with Crippen molar-refractivity contribution in [2.24, 2.45) is 0 Å². The molecule has 0 aliphatic carbocycles. The number of hydrogen-bond acceptors (Lipinski definition) is 3. The number of thioether (sulfide) groups is 1. The Balaban J connectivity index is 2.11. The fourth-order valence-corrected chi connectivity index (χ4v) is 4.01. The third-order valence-corrected chi connectivity index (χ3v) is 5.27. The molecule has 1 aromatic rings. The zero-order valence-corrected chi connectivity index (χ0v) is 14.4. The van der Waals surface area contributed by atoms with Gasteiger partial charge in [-0.25, -0.2) is 0 Å². The number of halogens is 1. The van der Waals surface area contributed by atoms with Crippen LogP contribution in [0.3, 0.4) is 0 Å². The Labute approximate surface area is 136 Å². The highest BCUT2D eigenvalue weighted by Crippen LogP contribution is 2.37. The van der Waals surface area contributed by atoms with Gasteiger partial charge in [0, 0.05) is 29.0 Å². The minimum atomic E-state index is -0.176. The zero-order valence-electron chi connectivity index (χ0n) is 12.9. The maximum absolute atomic E-state index is 12.4. The molecule has 0 aromatic heterocycles. The molecule has 2 unspecified atom stereocenters. The predicted octanol–water partition coefficient (Wildman–Crippen LogP) is 3.72. The number of likely N-dealkylation sites (N-methyl/N-ethyl adjacent to an activating group) is 1. The van der Waals surface area contributed by atoms with E-state index in [0.29, 0.717) is 0 Å². The Kier molecular flexibility index (Phi) is 5.97. The third kappa shape index (κ3) is 3.93. The van der Waals surface area contributed by atoms with Crippen LogP contribution < -0.4 is 5.32 Å². The van der Waals surface area contributed by atoms with E-state index in [0.717, 1.165) is 30.3 Å². The van der Waals surface area contributed by atoms with Crippen LogP contribution in [0.25, 0.3) is 0 Å². The molecule has 2 atom stereocenters. The first-order valence-corrected chi connectivity index (χ1v) is 8.90. The van der Waals surface area contributed by atoms with E-state index in [1.165, 1.54) is 10.5 Å². The van der Waals surface area contributed by atoms with E-state index in [-0.39, 0.29) is 18.0 Å². The lowest BCUT2D eigenvalue weighted by Gasteiger charge is -2.30. The molecule has 1 aliphatic heterocycles. The van der Waals surface area contributed by atoms with Gasteiger partial charge in [-0.2, -0.15) is 0 Å². The minimum absolute atomic E-state index is 0.168. The molecule has 21 heavy (non-hydrogen) atoms. The third-order valence-electron chi connectivity index (χ3n) is 3.91. The lowest BCUT2D eigenvalue weighted by atomic mass is 10.0. The second-order valence-electron chi connectivity index (χ2n) is 5.27. The molecule has 5 heteroatoms. The average molecular weight is 327 g/mol. The topological polar surface area (TPSA) is 32.3 Å².